The van der Waals surface area contributed by atoms with E-state index in [0.29, 0.717) is 11.9 Å². The Morgan fingerprint density at radius 2 is 2.08 bits per heavy atom. The number of aliphatic hydroxyl groups excluding tert-OH is 1. The molecule has 132 valence electrons. The van der Waals surface area contributed by atoms with Gasteiger partial charge in [0.1, 0.15) is 5.52 Å². The number of nitrogens with one attached hydrogen (secondary N) is 1. The molecule has 2 N–H and O–H groups in total. The van der Waals surface area contributed by atoms with E-state index in [1.165, 1.54) is 0 Å². The molecule has 2 unspecified atom stereocenters. The molecule has 0 spiro atoms. The number of nitrogens with zero attached hydrogens (tertiary/aromatic N) is 5. The van der Waals surface area contributed by atoms with Gasteiger partial charge >= 0.3 is 0 Å². The van der Waals surface area contributed by atoms with Crippen molar-refractivity contribution in [3.63, 3.8) is 0 Å². The average Bonchev–Trinajstić information content (AvgIpc) is 3.03. The molecule has 0 aliphatic carbocycles. The van der Waals surface area contributed by atoms with Gasteiger partial charge in [0.2, 0.25) is 5.95 Å². The summed E-state index contributed by atoms with van der Waals surface area (Å²) in [5.41, 5.74) is 3.66. The SMILES string of the molecule is CCC(C)Cn1nnc2cc(-c3ccnc(NC(C)CO)n3)ccc21. The van der Waals surface area contributed by atoms with E-state index in [2.05, 4.69) is 39.4 Å². The molecule has 3 rings (SSSR count). The quantitative estimate of drug-likeness (QED) is 0.687. The molecule has 3 aromatic rings. The molecular formula is C18H24N6O. The number of rotatable bonds is 7. The van der Waals surface area contributed by atoms with Gasteiger partial charge < -0.3 is 10.4 Å². The number of anilines is 1. The fourth-order valence-corrected chi connectivity index (χ4v) is 2.55. The summed E-state index contributed by atoms with van der Waals surface area (Å²) >= 11 is 0. The summed E-state index contributed by atoms with van der Waals surface area (Å²) in [6.07, 6.45) is 2.82. The van der Waals surface area contributed by atoms with Crippen molar-refractivity contribution in [2.45, 2.75) is 39.8 Å². The maximum absolute atomic E-state index is 9.15. The van der Waals surface area contributed by atoms with E-state index in [0.717, 1.165) is 35.3 Å². The molecule has 0 radical (unpaired) electrons. The van der Waals surface area contributed by atoms with Crippen molar-refractivity contribution in [1.29, 1.82) is 0 Å². The third-order valence-corrected chi connectivity index (χ3v) is 4.30. The second-order valence-electron chi connectivity index (χ2n) is 6.48. The average molecular weight is 340 g/mol. The lowest BCUT2D eigenvalue weighted by atomic mass is 10.1. The number of fused-ring (bicyclic) bond motifs is 1. The summed E-state index contributed by atoms with van der Waals surface area (Å²) in [7, 11) is 0. The molecule has 0 bridgehead atoms. The fourth-order valence-electron chi connectivity index (χ4n) is 2.55. The topological polar surface area (TPSA) is 88.8 Å². The molecule has 2 aromatic heterocycles. The molecule has 7 nitrogen and oxygen atoms in total. The molecule has 0 saturated carbocycles. The molecular weight excluding hydrogens is 316 g/mol. The standard InChI is InChI=1S/C18H24N6O/c1-4-12(2)10-24-17-6-5-14(9-16(17)22-23-24)15-7-8-19-18(21-15)20-13(3)11-25/h5-9,12-13,25H,4,10-11H2,1-3H3,(H,19,20,21). The lowest BCUT2D eigenvalue weighted by Gasteiger charge is -2.11. The van der Waals surface area contributed by atoms with Gasteiger partial charge in [-0.05, 0) is 31.0 Å². The number of benzene rings is 1. The predicted octanol–water partition coefficient (Wildman–Crippen LogP) is 2.73. The Kier molecular flexibility index (Phi) is 5.23. The van der Waals surface area contributed by atoms with E-state index < -0.39 is 0 Å². The molecule has 25 heavy (non-hydrogen) atoms. The zero-order valence-corrected chi connectivity index (χ0v) is 14.8. The van der Waals surface area contributed by atoms with Crippen LogP contribution in [0.25, 0.3) is 22.3 Å². The highest BCUT2D eigenvalue weighted by atomic mass is 16.3. The van der Waals surface area contributed by atoms with E-state index in [9.17, 15) is 0 Å². The van der Waals surface area contributed by atoms with Crippen molar-refractivity contribution in [3.8, 4) is 11.3 Å². The van der Waals surface area contributed by atoms with Crippen molar-refractivity contribution in [3.05, 3.63) is 30.5 Å². The lowest BCUT2D eigenvalue weighted by molar-refractivity contribution is 0.281. The Balaban J connectivity index is 1.88. The van der Waals surface area contributed by atoms with Crippen LogP contribution in [0.1, 0.15) is 27.2 Å². The van der Waals surface area contributed by atoms with Crippen LogP contribution in [-0.4, -0.2) is 42.7 Å². The molecule has 7 heteroatoms. The number of hydrogen-bond acceptors (Lipinski definition) is 6. The van der Waals surface area contributed by atoms with Crippen LogP contribution >= 0.6 is 0 Å². The molecule has 0 fully saturated rings. The third kappa shape index (κ3) is 3.93. The van der Waals surface area contributed by atoms with Gasteiger partial charge in [-0.15, -0.1) is 5.10 Å². The Labute approximate surface area is 147 Å². The second kappa shape index (κ2) is 7.57. The minimum atomic E-state index is -0.0989. The molecule has 0 amide bonds. The minimum absolute atomic E-state index is 0.0266. The Hall–Kier alpha value is -2.54. The first-order valence-electron chi connectivity index (χ1n) is 8.64. The first kappa shape index (κ1) is 17.3. The van der Waals surface area contributed by atoms with Gasteiger partial charge in [-0.1, -0.05) is 31.5 Å². The molecule has 2 atom stereocenters. The first-order valence-corrected chi connectivity index (χ1v) is 8.64. The summed E-state index contributed by atoms with van der Waals surface area (Å²) in [6.45, 7) is 7.16. The Bertz CT molecular complexity index is 846. The highest BCUT2D eigenvalue weighted by Crippen LogP contribution is 2.23. The van der Waals surface area contributed by atoms with Gasteiger partial charge in [0.15, 0.2) is 0 Å². The van der Waals surface area contributed by atoms with E-state index in [1.807, 2.05) is 35.9 Å². The van der Waals surface area contributed by atoms with E-state index in [-0.39, 0.29) is 12.6 Å². The monoisotopic (exact) mass is 340 g/mol. The molecule has 0 aliphatic heterocycles. The van der Waals surface area contributed by atoms with Crippen LogP contribution in [0.4, 0.5) is 5.95 Å². The Morgan fingerprint density at radius 1 is 1.24 bits per heavy atom. The van der Waals surface area contributed by atoms with Gasteiger partial charge in [0, 0.05) is 24.3 Å². The van der Waals surface area contributed by atoms with Crippen molar-refractivity contribution in [1.82, 2.24) is 25.0 Å². The summed E-state index contributed by atoms with van der Waals surface area (Å²) in [5, 5.41) is 20.8. The van der Waals surface area contributed by atoms with E-state index in [4.69, 9.17) is 5.11 Å². The largest absolute Gasteiger partial charge is 0.394 e. The fraction of sp³-hybridized carbons (Fsp3) is 0.444. The molecule has 0 aliphatic rings. The van der Waals surface area contributed by atoms with Crippen LogP contribution in [0, 0.1) is 5.92 Å². The number of hydrogen-bond donors (Lipinski definition) is 2. The molecule has 2 heterocycles. The maximum atomic E-state index is 9.15. The van der Waals surface area contributed by atoms with Crippen LogP contribution in [0.2, 0.25) is 0 Å². The van der Waals surface area contributed by atoms with Gasteiger partial charge in [-0.25, -0.2) is 14.6 Å². The summed E-state index contributed by atoms with van der Waals surface area (Å²) < 4.78 is 1.96. The summed E-state index contributed by atoms with van der Waals surface area (Å²) in [4.78, 5) is 8.71. The zero-order valence-electron chi connectivity index (χ0n) is 14.8. The lowest BCUT2D eigenvalue weighted by Crippen LogP contribution is -2.20. The number of aromatic nitrogens is 5. The highest BCUT2D eigenvalue weighted by molar-refractivity contribution is 5.80. The highest BCUT2D eigenvalue weighted by Gasteiger charge is 2.10. The number of aliphatic hydroxyl groups is 1. The maximum Gasteiger partial charge on any atom is 0.223 e. The zero-order chi connectivity index (χ0) is 17.8. The van der Waals surface area contributed by atoms with Crippen molar-refractivity contribution >= 4 is 17.0 Å². The third-order valence-electron chi connectivity index (χ3n) is 4.30. The van der Waals surface area contributed by atoms with Crippen LogP contribution in [0.5, 0.6) is 0 Å². The Morgan fingerprint density at radius 3 is 2.84 bits per heavy atom. The van der Waals surface area contributed by atoms with Crippen molar-refractivity contribution < 1.29 is 5.11 Å². The predicted molar refractivity (Wildman–Crippen MR) is 98.2 cm³/mol. The van der Waals surface area contributed by atoms with Gasteiger partial charge in [-0.2, -0.15) is 0 Å². The van der Waals surface area contributed by atoms with Crippen molar-refractivity contribution in [2.24, 2.45) is 5.92 Å². The van der Waals surface area contributed by atoms with Gasteiger partial charge in [-0.3, -0.25) is 0 Å². The summed E-state index contributed by atoms with van der Waals surface area (Å²) in [6, 6.07) is 7.83. The first-order chi connectivity index (χ1) is 12.1. The van der Waals surface area contributed by atoms with Gasteiger partial charge in [0.05, 0.1) is 17.8 Å². The van der Waals surface area contributed by atoms with Crippen LogP contribution in [0.3, 0.4) is 0 Å². The smallest absolute Gasteiger partial charge is 0.223 e. The van der Waals surface area contributed by atoms with Crippen LogP contribution < -0.4 is 5.32 Å². The van der Waals surface area contributed by atoms with Crippen LogP contribution in [0.15, 0.2) is 30.5 Å². The van der Waals surface area contributed by atoms with Gasteiger partial charge in [0.25, 0.3) is 0 Å². The summed E-state index contributed by atoms with van der Waals surface area (Å²) in [5.74, 6) is 1.06. The second-order valence-corrected chi connectivity index (χ2v) is 6.48. The minimum Gasteiger partial charge on any atom is -0.394 e. The molecule has 1 aromatic carbocycles. The van der Waals surface area contributed by atoms with E-state index in [1.54, 1.807) is 6.20 Å². The van der Waals surface area contributed by atoms with Crippen molar-refractivity contribution in [2.75, 3.05) is 11.9 Å². The van der Waals surface area contributed by atoms with Crippen LogP contribution in [-0.2, 0) is 6.54 Å². The van der Waals surface area contributed by atoms with E-state index >= 15 is 0 Å². The molecule has 0 saturated heterocycles. The normalized spacial score (nSPS) is 13.8.